The number of methoxy groups -OCH3 is 2. The molecule has 35 heavy (non-hydrogen) atoms. The Morgan fingerprint density at radius 2 is 1.63 bits per heavy atom. The number of aromatic nitrogens is 2. The summed E-state index contributed by atoms with van der Waals surface area (Å²) in [6, 6.07) is 9.03. The first-order valence-corrected chi connectivity index (χ1v) is 10.9. The lowest BCUT2D eigenvalue weighted by atomic mass is 10.0. The molecule has 0 aliphatic heterocycles. The predicted molar refractivity (Wildman–Crippen MR) is 130 cm³/mol. The van der Waals surface area contributed by atoms with E-state index in [2.05, 4.69) is 5.10 Å². The summed E-state index contributed by atoms with van der Waals surface area (Å²) >= 11 is 0. The summed E-state index contributed by atoms with van der Waals surface area (Å²) in [5.41, 5.74) is 1.27. The van der Waals surface area contributed by atoms with Crippen LogP contribution < -0.4 is 15.0 Å². The zero-order valence-electron chi connectivity index (χ0n) is 19.9. The Morgan fingerprint density at radius 1 is 1.00 bits per heavy atom. The van der Waals surface area contributed by atoms with Gasteiger partial charge in [0.05, 0.1) is 31.2 Å². The van der Waals surface area contributed by atoms with Gasteiger partial charge in [0.2, 0.25) is 0 Å². The number of hydrogen-bond acceptors (Lipinski definition) is 5. The van der Waals surface area contributed by atoms with Gasteiger partial charge in [-0.1, -0.05) is 6.07 Å². The molecular weight excluding hydrogens is 483 g/mol. The van der Waals surface area contributed by atoms with Crippen molar-refractivity contribution in [2.24, 2.45) is 0 Å². The van der Waals surface area contributed by atoms with Gasteiger partial charge in [0.1, 0.15) is 11.5 Å². The number of rotatable bonds is 6. The van der Waals surface area contributed by atoms with E-state index in [0.29, 0.717) is 53.3 Å². The number of nitrogens with zero attached hydrogens (tertiary/aromatic N) is 3. The van der Waals surface area contributed by atoms with Crippen LogP contribution >= 0.6 is 12.4 Å². The molecule has 0 saturated heterocycles. The highest BCUT2D eigenvalue weighted by molar-refractivity contribution is 5.85. The first-order valence-electron chi connectivity index (χ1n) is 10.9. The topological polar surface area (TPSA) is 56.6 Å². The van der Waals surface area contributed by atoms with Crippen molar-refractivity contribution in [1.82, 2.24) is 14.7 Å². The van der Waals surface area contributed by atoms with Crippen molar-refractivity contribution in [3.05, 3.63) is 69.0 Å². The molecule has 188 valence electrons. The Morgan fingerprint density at radius 3 is 2.20 bits per heavy atom. The molecule has 0 fully saturated rings. The first-order chi connectivity index (χ1) is 16.1. The average Bonchev–Trinajstić information content (AvgIpc) is 3.28. The third kappa shape index (κ3) is 5.31. The van der Waals surface area contributed by atoms with Gasteiger partial charge in [0.25, 0.3) is 5.56 Å². The fourth-order valence-corrected chi connectivity index (χ4v) is 4.37. The maximum atomic E-state index is 14.0. The molecule has 0 atom stereocenters. The molecule has 10 heteroatoms. The highest BCUT2D eigenvalue weighted by Gasteiger charge is 2.35. The average molecular weight is 510 g/mol. The molecule has 0 spiro atoms. The Bertz CT molecular complexity index is 1270. The highest BCUT2D eigenvalue weighted by Crippen LogP contribution is 2.37. The fourth-order valence-electron chi connectivity index (χ4n) is 4.37. The number of alkyl halides is 3. The van der Waals surface area contributed by atoms with Gasteiger partial charge < -0.3 is 14.4 Å². The van der Waals surface area contributed by atoms with Crippen LogP contribution in [0, 0.1) is 0 Å². The normalized spacial score (nSPS) is 12.9. The van der Waals surface area contributed by atoms with Crippen LogP contribution in [0.15, 0.2) is 41.2 Å². The summed E-state index contributed by atoms with van der Waals surface area (Å²) < 4.78 is 53.5. The molecule has 2 aromatic carbocycles. The Labute approximate surface area is 207 Å². The molecule has 0 N–H and O–H groups in total. The summed E-state index contributed by atoms with van der Waals surface area (Å²) in [7, 11) is 6.68. The largest absolute Gasteiger partial charge is 0.497 e. The van der Waals surface area contributed by atoms with Crippen LogP contribution in [0.1, 0.15) is 28.7 Å². The highest BCUT2D eigenvalue weighted by atomic mass is 35.5. The molecule has 1 aromatic heterocycles. The standard InChI is InChI=1S/C25H26F3N3O3.ClH/c1-30(2)14-15-8-9-21(25(26,27)28)22(10-15)31-24(32)20-7-5-6-19(20)23(29-31)16-11-17(33-3)13-18(12-16)34-4;/h8-13H,5-7,14H2,1-4H3;1H. The Hall–Kier alpha value is -3.04. The van der Waals surface area contributed by atoms with Gasteiger partial charge in [-0.3, -0.25) is 4.79 Å². The molecule has 1 aliphatic carbocycles. The number of hydrogen-bond donors (Lipinski definition) is 0. The lowest BCUT2D eigenvalue weighted by Crippen LogP contribution is -2.28. The summed E-state index contributed by atoms with van der Waals surface area (Å²) in [4.78, 5) is 15.2. The summed E-state index contributed by atoms with van der Waals surface area (Å²) in [5, 5.41) is 4.51. The monoisotopic (exact) mass is 509 g/mol. The van der Waals surface area contributed by atoms with Crippen LogP contribution in [0.3, 0.4) is 0 Å². The van der Waals surface area contributed by atoms with Gasteiger partial charge >= 0.3 is 6.18 Å². The molecule has 0 amide bonds. The minimum atomic E-state index is -4.65. The van der Waals surface area contributed by atoms with Crippen molar-refractivity contribution < 1.29 is 22.6 Å². The lowest BCUT2D eigenvalue weighted by molar-refractivity contribution is -0.137. The number of benzene rings is 2. The smallest absolute Gasteiger partial charge is 0.418 e. The van der Waals surface area contributed by atoms with E-state index in [1.165, 1.54) is 26.4 Å². The molecule has 0 bridgehead atoms. The maximum absolute atomic E-state index is 14.0. The number of fused-ring (bicyclic) bond motifs is 1. The zero-order chi connectivity index (χ0) is 24.6. The van der Waals surface area contributed by atoms with Crippen LogP contribution in [-0.4, -0.2) is 43.0 Å². The third-order valence-corrected chi connectivity index (χ3v) is 5.87. The second kappa shape index (κ2) is 10.3. The van der Waals surface area contributed by atoms with Gasteiger partial charge in [0, 0.05) is 23.7 Å². The Kier molecular flexibility index (Phi) is 7.81. The van der Waals surface area contributed by atoms with Crippen molar-refractivity contribution in [3.63, 3.8) is 0 Å². The van der Waals surface area contributed by atoms with Crippen molar-refractivity contribution in [2.45, 2.75) is 32.0 Å². The van der Waals surface area contributed by atoms with E-state index in [0.717, 1.165) is 22.7 Å². The number of ether oxygens (including phenoxy) is 2. The van der Waals surface area contributed by atoms with Crippen LogP contribution in [0.25, 0.3) is 16.9 Å². The van der Waals surface area contributed by atoms with Crippen LogP contribution in [0.2, 0.25) is 0 Å². The minimum Gasteiger partial charge on any atom is -0.497 e. The van der Waals surface area contributed by atoms with Gasteiger partial charge in [-0.25, -0.2) is 0 Å². The van der Waals surface area contributed by atoms with Gasteiger partial charge in [-0.05, 0) is 68.8 Å². The molecule has 4 rings (SSSR count). The summed E-state index contributed by atoms with van der Waals surface area (Å²) in [6.07, 6.45) is -2.80. The van der Waals surface area contributed by atoms with E-state index in [-0.39, 0.29) is 18.1 Å². The van der Waals surface area contributed by atoms with Crippen LogP contribution in [0.4, 0.5) is 13.2 Å². The molecule has 0 unspecified atom stereocenters. The van der Waals surface area contributed by atoms with E-state index in [4.69, 9.17) is 9.47 Å². The van der Waals surface area contributed by atoms with Crippen LogP contribution in [-0.2, 0) is 25.6 Å². The zero-order valence-corrected chi connectivity index (χ0v) is 20.7. The molecule has 0 radical (unpaired) electrons. The summed E-state index contributed by atoms with van der Waals surface area (Å²) in [6.45, 7) is 0.421. The van der Waals surface area contributed by atoms with E-state index in [9.17, 15) is 18.0 Å². The summed E-state index contributed by atoms with van der Waals surface area (Å²) in [5.74, 6) is 1.04. The van der Waals surface area contributed by atoms with Gasteiger partial charge in [0.15, 0.2) is 0 Å². The second-order valence-electron chi connectivity index (χ2n) is 8.56. The molecule has 1 aliphatic rings. The fraction of sp³-hybridized carbons (Fsp3) is 0.360. The molecule has 0 saturated carbocycles. The first kappa shape index (κ1) is 26.6. The molecular formula is C25H27ClF3N3O3. The van der Waals surface area contributed by atoms with E-state index in [1.807, 2.05) is 19.0 Å². The van der Waals surface area contributed by atoms with E-state index >= 15 is 0 Å². The van der Waals surface area contributed by atoms with Crippen molar-refractivity contribution in [2.75, 3.05) is 28.3 Å². The maximum Gasteiger partial charge on any atom is 0.418 e. The SMILES string of the molecule is COc1cc(OC)cc(-c2nn(-c3cc(CN(C)C)ccc3C(F)(F)F)c(=O)c3c2CCC3)c1.Cl. The number of halogens is 4. The van der Waals surface area contributed by atoms with E-state index in [1.54, 1.807) is 18.2 Å². The third-order valence-electron chi connectivity index (χ3n) is 5.87. The Balaban J connectivity index is 0.00000342. The van der Waals surface area contributed by atoms with Gasteiger partial charge in [-0.15, -0.1) is 12.4 Å². The van der Waals surface area contributed by atoms with E-state index < -0.39 is 17.3 Å². The van der Waals surface area contributed by atoms with Crippen molar-refractivity contribution in [1.29, 1.82) is 0 Å². The lowest BCUT2D eigenvalue weighted by Gasteiger charge is -2.19. The van der Waals surface area contributed by atoms with Crippen LogP contribution in [0.5, 0.6) is 11.5 Å². The molecule has 3 aromatic rings. The quantitative estimate of drug-likeness (QED) is 0.473. The second-order valence-corrected chi connectivity index (χ2v) is 8.56. The minimum absolute atomic E-state index is 0. The van der Waals surface area contributed by atoms with Crippen molar-refractivity contribution in [3.8, 4) is 28.4 Å². The van der Waals surface area contributed by atoms with Crippen molar-refractivity contribution >= 4 is 12.4 Å². The van der Waals surface area contributed by atoms with Gasteiger partial charge in [-0.2, -0.15) is 23.0 Å². The molecule has 1 heterocycles. The predicted octanol–water partition coefficient (Wildman–Crippen LogP) is 4.91. The molecule has 6 nitrogen and oxygen atoms in total.